The van der Waals surface area contributed by atoms with Crippen molar-refractivity contribution in [1.29, 1.82) is 5.26 Å². The maximum Gasteiger partial charge on any atom is 0.144 e. The summed E-state index contributed by atoms with van der Waals surface area (Å²) in [5, 5.41) is 17.6. The summed E-state index contributed by atoms with van der Waals surface area (Å²) in [5.74, 6) is 0. The Labute approximate surface area is 125 Å². The first-order valence-corrected chi connectivity index (χ1v) is 8.47. The Bertz CT molecular complexity index is 226. The summed E-state index contributed by atoms with van der Waals surface area (Å²) in [7, 11) is 0. The number of hydrogen-bond donors (Lipinski definition) is 1. The zero-order valence-electron chi connectivity index (χ0n) is 13.3. The van der Waals surface area contributed by atoms with Crippen molar-refractivity contribution in [3.8, 4) is 6.07 Å². The fraction of sp³-hybridized carbons (Fsp3) is 0.941. The lowest BCUT2D eigenvalue weighted by Crippen LogP contribution is -2.12. The quantitative estimate of drug-likeness (QED) is 0.447. The highest BCUT2D eigenvalue weighted by atomic mass is 16.5. The lowest BCUT2D eigenvalue weighted by atomic mass is 10.1. The lowest BCUT2D eigenvalue weighted by molar-refractivity contribution is 0.0758. The first kappa shape index (κ1) is 19.4. The zero-order valence-corrected chi connectivity index (χ0v) is 13.3. The van der Waals surface area contributed by atoms with Gasteiger partial charge in [0.25, 0.3) is 0 Å². The van der Waals surface area contributed by atoms with Gasteiger partial charge in [-0.25, -0.2) is 0 Å². The van der Waals surface area contributed by atoms with Gasteiger partial charge in [-0.1, -0.05) is 64.7 Å². The number of aliphatic hydroxyl groups is 1. The number of unbranched alkanes of at least 4 members (excludes halogenated alkanes) is 9. The van der Waals surface area contributed by atoms with Crippen LogP contribution in [0.25, 0.3) is 0 Å². The Kier molecular flexibility index (Phi) is 16.0. The third-order valence-corrected chi connectivity index (χ3v) is 3.59. The fourth-order valence-corrected chi connectivity index (χ4v) is 2.28. The van der Waals surface area contributed by atoms with Gasteiger partial charge < -0.3 is 9.84 Å². The molecule has 0 aromatic rings. The average Bonchev–Trinajstić information content (AvgIpc) is 2.48. The molecule has 0 bridgehead atoms. The third-order valence-electron chi connectivity index (χ3n) is 3.59. The first-order valence-electron chi connectivity index (χ1n) is 8.47. The molecular weight excluding hydrogens is 250 g/mol. The van der Waals surface area contributed by atoms with Gasteiger partial charge >= 0.3 is 0 Å². The minimum Gasteiger partial charge on any atom is -0.396 e. The van der Waals surface area contributed by atoms with Gasteiger partial charge in [0, 0.05) is 13.2 Å². The second kappa shape index (κ2) is 16.5. The van der Waals surface area contributed by atoms with Crippen LogP contribution in [0.5, 0.6) is 0 Å². The summed E-state index contributed by atoms with van der Waals surface area (Å²) in [5.41, 5.74) is 0. The second-order valence-electron chi connectivity index (χ2n) is 5.54. The van der Waals surface area contributed by atoms with Crippen LogP contribution in [0.1, 0.15) is 84.0 Å². The van der Waals surface area contributed by atoms with Crippen molar-refractivity contribution in [2.24, 2.45) is 0 Å². The van der Waals surface area contributed by atoms with E-state index in [1.54, 1.807) is 0 Å². The van der Waals surface area contributed by atoms with E-state index >= 15 is 0 Å². The monoisotopic (exact) mass is 283 g/mol. The molecule has 1 atom stereocenters. The van der Waals surface area contributed by atoms with E-state index in [-0.39, 0.29) is 12.7 Å². The second-order valence-corrected chi connectivity index (χ2v) is 5.54. The van der Waals surface area contributed by atoms with Crippen LogP contribution in [0.2, 0.25) is 0 Å². The summed E-state index contributed by atoms with van der Waals surface area (Å²) in [4.78, 5) is 0. The molecule has 0 saturated carbocycles. The molecule has 0 amide bonds. The number of hydrogen-bond acceptors (Lipinski definition) is 3. The Balaban J connectivity index is 3.17. The molecule has 0 aliphatic heterocycles. The largest absolute Gasteiger partial charge is 0.396 e. The molecule has 20 heavy (non-hydrogen) atoms. The summed E-state index contributed by atoms with van der Waals surface area (Å²) in [6.07, 6.45) is 14.1. The van der Waals surface area contributed by atoms with Gasteiger partial charge in [0.2, 0.25) is 0 Å². The Morgan fingerprint density at radius 1 is 0.900 bits per heavy atom. The van der Waals surface area contributed by atoms with Crippen molar-refractivity contribution < 1.29 is 9.84 Å². The maximum absolute atomic E-state index is 8.86. The van der Waals surface area contributed by atoms with E-state index in [1.165, 1.54) is 57.8 Å². The van der Waals surface area contributed by atoms with Crippen LogP contribution >= 0.6 is 0 Å². The summed E-state index contributed by atoms with van der Waals surface area (Å²) in [6.45, 7) is 3.07. The third kappa shape index (κ3) is 13.8. The average molecular weight is 283 g/mol. The molecule has 3 heteroatoms. The van der Waals surface area contributed by atoms with E-state index in [2.05, 4.69) is 13.0 Å². The SMILES string of the molecule is CCCCCCCCCCCCOC(C#N)CCCO. The van der Waals surface area contributed by atoms with E-state index in [1.807, 2.05) is 0 Å². The van der Waals surface area contributed by atoms with Crippen molar-refractivity contribution >= 4 is 0 Å². The Morgan fingerprint density at radius 2 is 1.45 bits per heavy atom. The molecule has 1 unspecified atom stereocenters. The molecule has 0 aliphatic rings. The molecule has 118 valence electrons. The van der Waals surface area contributed by atoms with Crippen molar-refractivity contribution in [3.05, 3.63) is 0 Å². The Hall–Kier alpha value is -0.590. The predicted octanol–water partition coefficient (Wildman–Crippen LogP) is 4.59. The highest BCUT2D eigenvalue weighted by molar-refractivity contribution is 4.83. The molecule has 1 N–H and O–H groups in total. The maximum atomic E-state index is 8.86. The van der Waals surface area contributed by atoms with Gasteiger partial charge in [-0.05, 0) is 19.3 Å². The van der Waals surface area contributed by atoms with E-state index in [0.29, 0.717) is 19.4 Å². The van der Waals surface area contributed by atoms with Crippen molar-refractivity contribution in [1.82, 2.24) is 0 Å². The van der Waals surface area contributed by atoms with Crippen LogP contribution in [0.3, 0.4) is 0 Å². The van der Waals surface area contributed by atoms with Crippen LogP contribution in [0.4, 0.5) is 0 Å². The zero-order chi connectivity index (χ0) is 14.9. The van der Waals surface area contributed by atoms with Crippen LogP contribution < -0.4 is 0 Å². The molecule has 3 nitrogen and oxygen atoms in total. The fourth-order valence-electron chi connectivity index (χ4n) is 2.28. The van der Waals surface area contributed by atoms with Gasteiger partial charge in [0.05, 0.1) is 6.07 Å². The van der Waals surface area contributed by atoms with Gasteiger partial charge in [-0.2, -0.15) is 5.26 Å². The molecule has 0 aliphatic carbocycles. The summed E-state index contributed by atoms with van der Waals surface area (Å²) < 4.78 is 5.49. The first-order chi connectivity index (χ1) is 9.85. The minimum absolute atomic E-state index is 0.139. The van der Waals surface area contributed by atoms with Crippen LogP contribution in [-0.2, 0) is 4.74 Å². The number of aliphatic hydroxyl groups excluding tert-OH is 1. The van der Waals surface area contributed by atoms with Gasteiger partial charge in [-0.15, -0.1) is 0 Å². The van der Waals surface area contributed by atoms with E-state index in [0.717, 1.165) is 6.42 Å². The molecule has 0 spiro atoms. The van der Waals surface area contributed by atoms with Gasteiger partial charge in [-0.3, -0.25) is 0 Å². The van der Waals surface area contributed by atoms with Crippen LogP contribution in [0, 0.1) is 11.3 Å². The molecule has 0 saturated heterocycles. The number of rotatable bonds is 15. The molecule has 0 fully saturated rings. The van der Waals surface area contributed by atoms with Crippen molar-refractivity contribution in [3.63, 3.8) is 0 Å². The standard InChI is InChI=1S/C17H33NO2/c1-2-3-4-5-6-7-8-9-10-11-15-20-17(16-18)13-12-14-19/h17,19H,2-15H2,1H3. The van der Waals surface area contributed by atoms with E-state index < -0.39 is 0 Å². The number of ether oxygens (including phenoxy) is 1. The topological polar surface area (TPSA) is 53.2 Å². The highest BCUT2D eigenvalue weighted by Crippen LogP contribution is 2.11. The molecule has 0 radical (unpaired) electrons. The van der Waals surface area contributed by atoms with Crippen molar-refractivity contribution in [2.45, 2.75) is 90.1 Å². The number of nitrogens with zero attached hydrogens (tertiary/aromatic N) is 1. The Morgan fingerprint density at radius 3 is 1.95 bits per heavy atom. The van der Waals surface area contributed by atoms with Gasteiger partial charge in [0.15, 0.2) is 0 Å². The number of nitriles is 1. The highest BCUT2D eigenvalue weighted by Gasteiger charge is 2.06. The van der Waals surface area contributed by atoms with Gasteiger partial charge in [0.1, 0.15) is 6.10 Å². The normalized spacial score (nSPS) is 12.2. The molecule has 0 rings (SSSR count). The summed E-state index contributed by atoms with van der Waals surface area (Å²) in [6, 6.07) is 2.14. The van der Waals surface area contributed by atoms with E-state index in [4.69, 9.17) is 15.1 Å². The summed E-state index contributed by atoms with van der Waals surface area (Å²) >= 11 is 0. The minimum atomic E-state index is -0.333. The predicted molar refractivity (Wildman–Crippen MR) is 83.5 cm³/mol. The van der Waals surface area contributed by atoms with Crippen LogP contribution in [0.15, 0.2) is 0 Å². The van der Waals surface area contributed by atoms with Crippen LogP contribution in [-0.4, -0.2) is 24.4 Å². The van der Waals surface area contributed by atoms with Crippen molar-refractivity contribution in [2.75, 3.05) is 13.2 Å². The van der Waals surface area contributed by atoms with E-state index in [9.17, 15) is 0 Å². The lowest BCUT2D eigenvalue weighted by Gasteiger charge is -2.09. The molecule has 0 aromatic carbocycles. The molecular formula is C17H33NO2. The molecule has 0 heterocycles. The smallest absolute Gasteiger partial charge is 0.144 e. The molecule has 0 aromatic heterocycles.